The molecule has 120 valence electrons. The maximum atomic E-state index is 12.5. The standard InChI is InChI=1S/C15H17BrN6O/c16-12-9-19-14(17)13(21-12)15(23)20-10-8-18-5-4-11(10)22-6-2-1-3-7-22/h4-5,8-9H,1-3,6-7H2,(H2,17,19)(H,20,23). The molecule has 0 saturated carbocycles. The van der Waals surface area contributed by atoms with Crippen LogP contribution < -0.4 is 16.0 Å². The Hall–Kier alpha value is -2.22. The number of hydrogen-bond acceptors (Lipinski definition) is 6. The van der Waals surface area contributed by atoms with Crippen LogP contribution >= 0.6 is 15.9 Å². The third-order valence-corrected chi connectivity index (χ3v) is 4.11. The molecule has 3 heterocycles. The molecule has 0 spiro atoms. The van der Waals surface area contributed by atoms with Gasteiger partial charge in [0.15, 0.2) is 11.5 Å². The molecule has 7 nitrogen and oxygen atoms in total. The lowest BCUT2D eigenvalue weighted by molar-refractivity contribution is 0.102. The van der Waals surface area contributed by atoms with Gasteiger partial charge < -0.3 is 16.0 Å². The average molecular weight is 377 g/mol. The van der Waals surface area contributed by atoms with Crippen molar-refractivity contribution in [3.63, 3.8) is 0 Å². The van der Waals surface area contributed by atoms with Crippen molar-refractivity contribution in [2.45, 2.75) is 19.3 Å². The van der Waals surface area contributed by atoms with E-state index in [4.69, 9.17) is 5.73 Å². The molecular weight excluding hydrogens is 360 g/mol. The highest BCUT2D eigenvalue weighted by molar-refractivity contribution is 9.10. The van der Waals surface area contributed by atoms with Crippen LogP contribution in [-0.2, 0) is 0 Å². The van der Waals surface area contributed by atoms with Gasteiger partial charge in [0.25, 0.3) is 5.91 Å². The van der Waals surface area contributed by atoms with Crippen molar-refractivity contribution < 1.29 is 4.79 Å². The van der Waals surface area contributed by atoms with Gasteiger partial charge in [-0.3, -0.25) is 9.78 Å². The first-order valence-electron chi connectivity index (χ1n) is 7.43. The van der Waals surface area contributed by atoms with Crippen LogP contribution in [-0.4, -0.2) is 33.9 Å². The Balaban J connectivity index is 1.85. The molecule has 1 saturated heterocycles. The monoisotopic (exact) mass is 376 g/mol. The molecular formula is C15H17BrN6O. The number of aromatic nitrogens is 3. The first-order valence-corrected chi connectivity index (χ1v) is 8.23. The summed E-state index contributed by atoms with van der Waals surface area (Å²) in [5.41, 5.74) is 7.45. The number of amides is 1. The first kappa shape index (κ1) is 15.7. The van der Waals surface area contributed by atoms with Crippen molar-refractivity contribution in [2.75, 3.05) is 29.0 Å². The number of piperidine rings is 1. The van der Waals surface area contributed by atoms with Crippen molar-refractivity contribution in [3.8, 4) is 0 Å². The van der Waals surface area contributed by atoms with Gasteiger partial charge >= 0.3 is 0 Å². The van der Waals surface area contributed by atoms with Crippen LogP contribution in [0.3, 0.4) is 0 Å². The van der Waals surface area contributed by atoms with Crippen molar-refractivity contribution >= 4 is 39.0 Å². The van der Waals surface area contributed by atoms with Crippen LogP contribution in [0.5, 0.6) is 0 Å². The number of nitrogens with two attached hydrogens (primary N) is 1. The summed E-state index contributed by atoms with van der Waals surface area (Å²) in [6.07, 6.45) is 8.37. The number of rotatable bonds is 3. The number of hydrogen-bond donors (Lipinski definition) is 2. The van der Waals surface area contributed by atoms with Gasteiger partial charge in [-0.1, -0.05) is 0 Å². The van der Waals surface area contributed by atoms with Crippen molar-refractivity contribution in [1.82, 2.24) is 15.0 Å². The second-order valence-electron chi connectivity index (χ2n) is 5.32. The third-order valence-electron chi connectivity index (χ3n) is 3.73. The molecule has 1 aliphatic rings. The Kier molecular flexibility index (Phi) is 4.71. The van der Waals surface area contributed by atoms with E-state index in [1.165, 1.54) is 12.6 Å². The third kappa shape index (κ3) is 3.58. The van der Waals surface area contributed by atoms with Crippen LogP contribution in [0.2, 0.25) is 0 Å². The smallest absolute Gasteiger partial charge is 0.278 e. The van der Waals surface area contributed by atoms with Crippen LogP contribution in [0.15, 0.2) is 29.3 Å². The predicted octanol–water partition coefficient (Wildman–Crippen LogP) is 2.46. The first-order chi connectivity index (χ1) is 11.1. The fraction of sp³-hybridized carbons (Fsp3) is 0.333. The Bertz CT molecular complexity index is 717. The maximum absolute atomic E-state index is 12.5. The summed E-state index contributed by atoms with van der Waals surface area (Å²) >= 11 is 3.20. The number of carbonyl (C=O) groups excluding carboxylic acids is 1. The highest BCUT2D eigenvalue weighted by Crippen LogP contribution is 2.28. The van der Waals surface area contributed by atoms with Gasteiger partial charge in [-0.05, 0) is 41.3 Å². The summed E-state index contributed by atoms with van der Waals surface area (Å²) in [6, 6.07) is 1.91. The molecule has 2 aromatic heterocycles. The minimum absolute atomic E-state index is 0.0906. The molecule has 0 aromatic carbocycles. The maximum Gasteiger partial charge on any atom is 0.278 e. The van der Waals surface area contributed by atoms with Gasteiger partial charge in [-0.15, -0.1) is 0 Å². The van der Waals surface area contributed by atoms with Crippen molar-refractivity contribution in [2.24, 2.45) is 0 Å². The molecule has 8 heteroatoms. The average Bonchev–Trinajstić information content (AvgIpc) is 2.58. The Morgan fingerprint density at radius 3 is 2.83 bits per heavy atom. The molecule has 0 atom stereocenters. The number of nitrogen functional groups attached to an aromatic ring is 1. The van der Waals surface area contributed by atoms with E-state index >= 15 is 0 Å². The summed E-state index contributed by atoms with van der Waals surface area (Å²) in [4.78, 5) is 26.9. The fourth-order valence-electron chi connectivity index (χ4n) is 2.62. The molecule has 1 amide bonds. The van der Waals surface area contributed by atoms with E-state index in [9.17, 15) is 4.79 Å². The van der Waals surface area contributed by atoms with Crippen LogP contribution in [0.1, 0.15) is 29.8 Å². The molecule has 3 N–H and O–H groups in total. The summed E-state index contributed by atoms with van der Waals surface area (Å²) in [5, 5.41) is 2.85. The largest absolute Gasteiger partial charge is 0.382 e. The summed E-state index contributed by atoms with van der Waals surface area (Å²) in [5.74, 6) is -0.309. The van der Waals surface area contributed by atoms with E-state index in [-0.39, 0.29) is 11.5 Å². The zero-order valence-electron chi connectivity index (χ0n) is 12.5. The number of carbonyl (C=O) groups is 1. The van der Waals surface area contributed by atoms with Crippen molar-refractivity contribution in [1.29, 1.82) is 0 Å². The van der Waals surface area contributed by atoms with Gasteiger partial charge in [-0.2, -0.15) is 0 Å². The minimum Gasteiger partial charge on any atom is -0.382 e. The highest BCUT2D eigenvalue weighted by Gasteiger charge is 2.18. The quantitative estimate of drug-likeness (QED) is 0.853. The summed E-state index contributed by atoms with van der Waals surface area (Å²) in [6.45, 7) is 1.96. The second kappa shape index (κ2) is 6.91. The van der Waals surface area contributed by atoms with E-state index in [0.717, 1.165) is 31.6 Å². The van der Waals surface area contributed by atoms with E-state index in [1.807, 2.05) is 6.07 Å². The van der Waals surface area contributed by atoms with Crippen LogP contribution in [0.4, 0.5) is 17.2 Å². The molecule has 1 aliphatic heterocycles. The van der Waals surface area contributed by atoms with E-state index in [0.29, 0.717) is 10.3 Å². The van der Waals surface area contributed by atoms with E-state index in [2.05, 4.69) is 41.1 Å². The molecule has 0 unspecified atom stereocenters. The Morgan fingerprint density at radius 1 is 1.26 bits per heavy atom. The number of halogens is 1. The van der Waals surface area contributed by atoms with E-state index in [1.54, 1.807) is 12.4 Å². The molecule has 2 aromatic rings. The number of nitrogens with zero attached hydrogens (tertiary/aromatic N) is 4. The molecule has 1 fully saturated rings. The minimum atomic E-state index is -0.400. The summed E-state index contributed by atoms with van der Waals surface area (Å²) in [7, 11) is 0. The Labute approximate surface area is 142 Å². The normalized spacial score (nSPS) is 14.6. The molecule has 0 radical (unpaired) electrons. The lowest BCUT2D eigenvalue weighted by atomic mass is 10.1. The number of pyridine rings is 1. The number of anilines is 3. The van der Waals surface area contributed by atoms with E-state index < -0.39 is 5.91 Å². The zero-order chi connectivity index (χ0) is 16.2. The van der Waals surface area contributed by atoms with Gasteiger partial charge in [0, 0.05) is 19.3 Å². The molecule has 3 rings (SSSR count). The molecule has 0 aliphatic carbocycles. The Morgan fingerprint density at radius 2 is 2.04 bits per heavy atom. The second-order valence-corrected chi connectivity index (χ2v) is 6.13. The number of nitrogens with one attached hydrogen (secondary N) is 1. The van der Waals surface area contributed by atoms with Gasteiger partial charge in [-0.25, -0.2) is 9.97 Å². The lowest BCUT2D eigenvalue weighted by Gasteiger charge is -2.30. The highest BCUT2D eigenvalue weighted by atomic mass is 79.9. The van der Waals surface area contributed by atoms with Crippen molar-refractivity contribution in [3.05, 3.63) is 35.0 Å². The zero-order valence-corrected chi connectivity index (χ0v) is 14.1. The van der Waals surface area contributed by atoms with Gasteiger partial charge in [0.05, 0.1) is 23.8 Å². The van der Waals surface area contributed by atoms with Crippen LogP contribution in [0.25, 0.3) is 0 Å². The predicted molar refractivity (Wildman–Crippen MR) is 92.4 cm³/mol. The fourth-order valence-corrected chi connectivity index (χ4v) is 2.90. The SMILES string of the molecule is Nc1ncc(Br)nc1C(=O)Nc1cnccc1N1CCCCC1. The molecule has 23 heavy (non-hydrogen) atoms. The lowest BCUT2D eigenvalue weighted by Crippen LogP contribution is -2.30. The summed E-state index contributed by atoms with van der Waals surface area (Å²) < 4.78 is 0.458. The van der Waals surface area contributed by atoms with Gasteiger partial charge in [0.2, 0.25) is 0 Å². The van der Waals surface area contributed by atoms with Gasteiger partial charge in [0.1, 0.15) is 4.60 Å². The van der Waals surface area contributed by atoms with Crippen LogP contribution in [0, 0.1) is 0 Å². The molecule has 0 bridgehead atoms. The topological polar surface area (TPSA) is 97.0 Å².